The maximum absolute atomic E-state index is 12.6. The molecule has 0 aliphatic heterocycles. The highest BCUT2D eigenvalue weighted by Crippen LogP contribution is 2.30. The van der Waals surface area contributed by atoms with Crippen LogP contribution in [0.15, 0.2) is 12.1 Å². The molecule has 178 valence electrons. The Morgan fingerprint density at radius 1 is 1.10 bits per heavy atom. The monoisotopic (exact) mass is 509 g/mol. The fraction of sp³-hybridized carbons (Fsp3) is 0.667. The third-order valence-electron chi connectivity index (χ3n) is 3.81. The van der Waals surface area contributed by atoms with E-state index in [1.165, 1.54) is 12.1 Å². The number of ether oxygens (including phenoxy) is 2. The number of hydrogen-bond donors (Lipinski definition) is 0. The number of aromatic nitrogens is 1. The fourth-order valence-corrected chi connectivity index (χ4v) is 3.17. The Bertz CT molecular complexity index is 852. The van der Waals surface area contributed by atoms with E-state index in [4.69, 9.17) is 32.7 Å². The van der Waals surface area contributed by atoms with Gasteiger partial charge in [-0.2, -0.15) is 21.6 Å². The van der Waals surface area contributed by atoms with Gasteiger partial charge in [-0.15, -0.1) is 0 Å². The number of carbonyl (C=O) groups excluding carboxylic acids is 1. The quantitative estimate of drug-likeness (QED) is 0.201. The zero-order valence-corrected chi connectivity index (χ0v) is 19.8. The van der Waals surface area contributed by atoms with Gasteiger partial charge in [-0.25, -0.2) is 4.98 Å². The summed E-state index contributed by atoms with van der Waals surface area (Å²) in [7, 11) is -5.87. The van der Waals surface area contributed by atoms with Crippen LogP contribution in [0.5, 0.6) is 0 Å². The van der Waals surface area contributed by atoms with E-state index in [-0.39, 0.29) is 28.4 Å². The summed E-state index contributed by atoms with van der Waals surface area (Å²) >= 11 is 11.7. The van der Waals surface area contributed by atoms with E-state index in [0.717, 1.165) is 0 Å². The summed E-state index contributed by atoms with van der Waals surface area (Å²) in [6.07, 6.45) is -1.35. The van der Waals surface area contributed by atoms with Crippen LogP contribution in [0, 0.1) is 11.8 Å². The van der Waals surface area contributed by atoms with E-state index >= 15 is 0 Å². The first-order valence-corrected chi connectivity index (χ1v) is 11.2. The standard InChI is InChI=1S/C18H24Cl2F3NO6S/c1-10(2)12(16(25)30-17(3,4)5)8-28-13(9-29-31(26,27)18(21,22)23)11-6-14(19)24-15(20)7-11/h6-7,10,12-13H,8-9H2,1-5H3/t12-,13-/m0/s1. The molecule has 0 bridgehead atoms. The minimum atomic E-state index is -5.87. The highest BCUT2D eigenvalue weighted by molar-refractivity contribution is 7.87. The van der Waals surface area contributed by atoms with Gasteiger partial charge >= 0.3 is 21.6 Å². The number of rotatable bonds is 9. The zero-order valence-electron chi connectivity index (χ0n) is 17.5. The molecule has 0 spiro atoms. The zero-order chi connectivity index (χ0) is 24.2. The smallest absolute Gasteiger partial charge is 0.460 e. The van der Waals surface area contributed by atoms with Crippen molar-refractivity contribution in [2.45, 2.75) is 51.8 Å². The molecule has 0 aliphatic rings. The molecule has 0 aromatic carbocycles. The molecular weight excluding hydrogens is 486 g/mol. The molecule has 2 atom stereocenters. The van der Waals surface area contributed by atoms with Gasteiger partial charge in [0.2, 0.25) is 0 Å². The predicted molar refractivity (Wildman–Crippen MR) is 108 cm³/mol. The van der Waals surface area contributed by atoms with Crippen LogP contribution in [0.4, 0.5) is 13.2 Å². The second-order valence-corrected chi connectivity index (χ2v) is 10.3. The SMILES string of the molecule is CC(C)[C@H](CO[C@@H](COS(=O)(=O)C(F)(F)F)c1cc(Cl)nc(Cl)c1)C(=O)OC(C)(C)C. The Morgan fingerprint density at radius 3 is 2.03 bits per heavy atom. The van der Waals surface area contributed by atoms with Gasteiger partial charge in [0.15, 0.2) is 0 Å². The minimum Gasteiger partial charge on any atom is -0.460 e. The normalized spacial score (nSPS) is 15.1. The maximum Gasteiger partial charge on any atom is 0.523 e. The van der Waals surface area contributed by atoms with Gasteiger partial charge in [0.1, 0.15) is 22.0 Å². The highest BCUT2D eigenvalue weighted by Gasteiger charge is 2.47. The van der Waals surface area contributed by atoms with Gasteiger partial charge in [0.05, 0.1) is 19.1 Å². The predicted octanol–water partition coefficient (Wildman–Crippen LogP) is 4.93. The van der Waals surface area contributed by atoms with Gasteiger partial charge in [0, 0.05) is 0 Å². The lowest BCUT2D eigenvalue weighted by atomic mass is 9.96. The van der Waals surface area contributed by atoms with Crippen LogP contribution in [0.2, 0.25) is 10.3 Å². The third kappa shape index (κ3) is 9.09. The summed E-state index contributed by atoms with van der Waals surface area (Å²) in [4.78, 5) is 16.2. The summed E-state index contributed by atoms with van der Waals surface area (Å²) in [6, 6.07) is 2.47. The molecule has 7 nitrogen and oxygen atoms in total. The Hall–Kier alpha value is -1.14. The molecule has 1 aromatic rings. The van der Waals surface area contributed by atoms with Gasteiger partial charge < -0.3 is 9.47 Å². The fourth-order valence-electron chi connectivity index (χ4n) is 2.26. The van der Waals surface area contributed by atoms with E-state index < -0.39 is 45.8 Å². The first kappa shape index (κ1) is 27.9. The van der Waals surface area contributed by atoms with E-state index in [9.17, 15) is 26.4 Å². The maximum atomic E-state index is 12.6. The summed E-state index contributed by atoms with van der Waals surface area (Å²) in [5.41, 5.74) is -6.25. The molecule has 1 rings (SSSR count). The number of nitrogens with zero attached hydrogens (tertiary/aromatic N) is 1. The average molecular weight is 510 g/mol. The molecule has 13 heteroatoms. The van der Waals surface area contributed by atoms with Crippen LogP contribution in [-0.4, -0.2) is 43.7 Å². The lowest BCUT2D eigenvalue weighted by Gasteiger charge is -2.27. The number of pyridine rings is 1. The lowest BCUT2D eigenvalue weighted by Crippen LogP contribution is -2.34. The number of esters is 1. The van der Waals surface area contributed by atoms with Crippen molar-refractivity contribution < 1.29 is 40.0 Å². The van der Waals surface area contributed by atoms with Crippen molar-refractivity contribution in [3.8, 4) is 0 Å². The van der Waals surface area contributed by atoms with Crippen LogP contribution in [0.1, 0.15) is 46.3 Å². The van der Waals surface area contributed by atoms with E-state index in [1.54, 1.807) is 34.6 Å². The number of halogens is 5. The Balaban J connectivity index is 3.12. The lowest BCUT2D eigenvalue weighted by molar-refractivity contribution is -0.165. The molecule has 31 heavy (non-hydrogen) atoms. The van der Waals surface area contributed by atoms with Gasteiger partial charge in [-0.05, 0) is 44.4 Å². The number of carbonyl (C=O) groups is 1. The van der Waals surface area contributed by atoms with Crippen LogP contribution < -0.4 is 0 Å². The first-order chi connectivity index (χ1) is 13.9. The molecule has 0 radical (unpaired) electrons. The molecule has 1 heterocycles. The molecule has 0 N–H and O–H groups in total. The summed E-state index contributed by atoms with van der Waals surface area (Å²) in [5, 5.41) is -0.190. The van der Waals surface area contributed by atoms with Crippen molar-refractivity contribution in [2.24, 2.45) is 11.8 Å². The molecule has 0 fully saturated rings. The van der Waals surface area contributed by atoms with Crippen LogP contribution in [0.3, 0.4) is 0 Å². The van der Waals surface area contributed by atoms with Crippen molar-refractivity contribution in [1.29, 1.82) is 0 Å². The third-order valence-corrected chi connectivity index (χ3v) is 5.21. The van der Waals surface area contributed by atoms with Crippen molar-refractivity contribution in [3.05, 3.63) is 28.0 Å². The van der Waals surface area contributed by atoms with Crippen LogP contribution in [-0.2, 0) is 28.6 Å². The second kappa shape index (κ2) is 10.7. The summed E-state index contributed by atoms with van der Waals surface area (Å²) in [6.45, 7) is 7.20. The van der Waals surface area contributed by atoms with Gasteiger partial charge in [0.25, 0.3) is 0 Å². The molecular formula is C18H24Cl2F3NO6S. The molecule has 1 aromatic heterocycles. The first-order valence-electron chi connectivity index (χ1n) is 9.06. The topological polar surface area (TPSA) is 91.8 Å². The summed E-state index contributed by atoms with van der Waals surface area (Å²) in [5.74, 6) is -1.61. The average Bonchev–Trinajstić information content (AvgIpc) is 2.53. The minimum absolute atomic E-state index is 0.0951. The van der Waals surface area contributed by atoms with Crippen LogP contribution in [0.25, 0.3) is 0 Å². The van der Waals surface area contributed by atoms with Crippen molar-refractivity contribution in [1.82, 2.24) is 4.98 Å². The molecule has 0 saturated heterocycles. The van der Waals surface area contributed by atoms with E-state index in [0.29, 0.717) is 0 Å². The number of hydrogen-bond acceptors (Lipinski definition) is 7. The van der Waals surface area contributed by atoms with Crippen LogP contribution >= 0.6 is 23.2 Å². The Kier molecular flexibility index (Phi) is 9.58. The van der Waals surface area contributed by atoms with Crippen molar-refractivity contribution >= 4 is 39.3 Å². The summed E-state index contributed by atoms with van der Waals surface area (Å²) < 4.78 is 75.6. The van der Waals surface area contributed by atoms with Gasteiger partial charge in [-0.1, -0.05) is 37.0 Å². The molecule has 0 saturated carbocycles. The molecule has 0 amide bonds. The van der Waals surface area contributed by atoms with Crippen molar-refractivity contribution in [2.75, 3.05) is 13.2 Å². The van der Waals surface area contributed by atoms with Crippen molar-refractivity contribution in [3.63, 3.8) is 0 Å². The second-order valence-electron chi connectivity index (χ2n) is 7.94. The highest BCUT2D eigenvalue weighted by atomic mass is 35.5. The van der Waals surface area contributed by atoms with E-state index in [2.05, 4.69) is 9.17 Å². The number of alkyl halides is 3. The Labute approximate surface area is 189 Å². The molecule has 0 aliphatic carbocycles. The van der Waals surface area contributed by atoms with Gasteiger partial charge in [-0.3, -0.25) is 8.98 Å². The van der Waals surface area contributed by atoms with E-state index in [1.807, 2.05) is 0 Å². The largest absolute Gasteiger partial charge is 0.523 e. The Morgan fingerprint density at radius 2 is 1.61 bits per heavy atom. The molecule has 0 unspecified atom stereocenters.